The van der Waals surface area contributed by atoms with Gasteiger partial charge >= 0.3 is 18.4 Å². The van der Waals surface area contributed by atoms with Crippen LogP contribution in [0.1, 0.15) is 135 Å². The van der Waals surface area contributed by atoms with Crippen LogP contribution in [0, 0.1) is 6.92 Å². The van der Waals surface area contributed by atoms with Crippen LogP contribution in [-0.2, 0) is 35.4 Å². The van der Waals surface area contributed by atoms with E-state index in [1.165, 1.54) is 6.07 Å². The first-order valence-corrected chi connectivity index (χ1v) is 26.6. The first kappa shape index (κ1) is 60.2. The van der Waals surface area contributed by atoms with Gasteiger partial charge in [0, 0.05) is 49.9 Å². The molecule has 2 aromatic heterocycles. The number of hydrogen-bond donors (Lipinski definition) is 2. The van der Waals surface area contributed by atoms with E-state index in [-0.39, 0.29) is 67.2 Å². The zero-order valence-corrected chi connectivity index (χ0v) is 45.9. The molecule has 0 bridgehead atoms. The normalized spacial score (nSPS) is 19.4. The number of amides is 2. The van der Waals surface area contributed by atoms with Gasteiger partial charge in [-0.05, 0) is 115 Å². The highest BCUT2D eigenvalue weighted by Crippen LogP contribution is 2.36. The molecule has 2 N–H and O–H groups in total. The molecule has 2 fully saturated rings. The number of rotatable bonds is 18. The molecular formula is C58H79F3N8O7. The Bertz CT molecular complexity index is 2460. The molecule has 0 aliphatic carbocycles. The summed E-state index contributed by atoms with van der Waals surface area (Å²) in [6.45, 7) is 18.4. The molecule has 6 atom stereocenters. The Morgan fingerprint density at radius 1 is 0.645 bits per heavy atom. The molecule has 15 nitrogen and oxygen atoms in total. The van der Waals surface area contributed by atoms with Gasteiger partial charge in [0.15, 0.2) is 11.5 Å². The van der Waals surface area contributed by atoms with Crippen LogP contribution in [0.3, 0.4) is 0 Å². The van der Waals surface area contributed by atoms with Crippen molar-refractivity contribution in [2.45, 2.75) is 188 Å². The molecule has 18 heteroatoms. The van der Waals surface area contributed by atoms with Crippen LogP contribution in [0.5, 0.6) is 11.5 Å². The molecule has 2 unspecified atom stereocenters. The number of aliphatic hydroxyl groups is 1. The molecule has 2 saturated heterocycles. The lowest BCUT2D eigenvalue weighted by molar-refractivity contribution is -0.137. The minimum atomic E-state index is -4.46. The number of alkyl halides is 3. The predicted octanol–water partition coefficient (Wildman–Crippen LogP) is 12.6. The van der Waals surface area contributed by atoms with Crippen LogP contribution in [0.2, 0.25) is 0 Å². The second-order valence-electron chi connectivity index (χ2n) is 19.7. The molecule has 3 aromatic carbocycles. The van der Waals surface area contributed by atoms with Crippen molar-refractivity contribution in [3.63, 3.8) is 0 Å². The lowest BCUT2D eigenvalue weighted by Crippen LogP contribution is -2.57. The summed E-state index contributed by atoms with van der Waals surface area (Å²) < 4.78 is 63.8. The molecule has 0 saturated carbocycles. The number of carbonyl (C=O) groups is 2. The first-order valence-electron chi connectivity index (χ1n) is 26.6. The number of aryl methyl sites for hydroxylation is 1. The van der Waals surface area contributed by atoms with E-state index in [0.29, 0.717) is 73.4 Å². The van der Waals surface area contributed by atoms with Gasteiger partial charge < -0.3 is 44.1 Å². The zero-order chi connectivity index (χ0) is 55.4. The highest BCUT2D eigenvalue weighted by molar-refractivity contribution is 5.69. The Balaban J connectivity index is 0.000000285. The SMILES string of the molecule is CC[C@@H]1CC(N(Cc2cc(C)cc(C(F)(F)F)c2)c2ncc(OCc3ccccc3)cn2)C[C@H](CC)N1C(=O)OC(C)C.CC[C@@H]1CC(Nc2ncc(OCc3ccccc3)cn2)C[C@H](CC)N1C(=O)OC(C)C.CO. The number of halogens is 3. The summed E-state index contributed by atoms with van der Waals surface area (Å²) in [4.78, 5) is 49.6. The number of nitrogens with one attached hydrogen (secondary N) is 1. The monoisotopic (exact) mass is 1060 g/mol. The second kappa shape index (κ2) is 29.6. The molecule has 414 valence electrons. The summed E-state index contributed by atoms with van der Waals surface area (Å²) in [5.74, 6) is 2.11. The van der Waals surface area contributed by atoms with Gasteiger partial charge in [-0.15, -0.1) is 0 Å². The molecule has 76 heavy (non-hydrogen) atoms. The fourth-order valence-electron chi connectivity index (χ4n) is 9.81. The number of aliphatic hydroxyl groups excluding tert-OH is 1. The van der Waals surface area contributed by atoms with Gasteiger partial charge in [0.05, 0.1) is 42.6 Å². The average molecular weight is 1060 g/mol. The fourth-order valence-corrected chi connectivity index (χ4v) is 9.81. The van der Waals surface area contributed by atoms with Crippen molar-refractivity contribution in [2.24, 2.45) is 0 Å². The van der Waals surface area contributed by atoms with Crippen LogP contribution in [-0.4, -0.2) is 103 Å². The van der Waals surface area contributed by atoms with E-state index < -0.39 is 11.7 Å². The van der Waals surface area contributed by atoms with E-state index in [1.54, 1.807) is 37.8 Å². The molecule has 7 rings (SSSR count). The highest BCUT2D eigenvalue weighted by Gasteiger charge is 2.42. The second-order valence-corrected chi connectivity index (χ2v) is 19.7. The number of aromatic nitrogens is 4. The van der Waals surface area contributed by atoms with E-state index >= 15 is 0 Å². The van der Waals surface area contributed by atoms with Gasteiger partial charge in [-0.1, -0.05) is 100.0 Å². The summed E-state index contributed by atoms with van der Waals surface area (Å²) in [6, 6.07) is 24.0. The standard InChI is InChI=1S/C33H41F3N4O3.C24H34N4O3.CH4O/c1-6-27-16-29(17-28(7-2)40(27)32(41)43-22(3)4)39(20-25-13-23(5)14-26(15-25)33(34,35)36)31-37-18-30(19-38-31)42-21-24-11-9-8-10-12-24;1-5-20-12-19(13-21(6-2)28(20)24(29)31-17(3)4)27-23-25-14-22(15-26-23)30-16-18-10-8-7-9-11-18;1-2/h8-15,18-19,22,27-29H,6-7,16-17,20-21H2,1-5H3;7-11,14-15,17,19-21H,5-6,12-13,16H2,1-4H3,(H,25,26,27);2H,1H3/t27-,28+,29?;19?,20-,21+;. The van der Waals surface area contributed by atoms with Gasteiger partial charge in [0.1, 0.15) is 13.2 Å². The number of anilines is 2. The number of carbonyl (C=O) groups excluding carboxylic acids is 2. The maximum atomic E-state index is 13.7. The van der Waals surface area contributed by atoms with Crippen molar-refractivity contribution < 1.29 is 46.8 Å². The molecule has 4 heterocycles. The third-order valence-electron chi connectivity index (χ3n) is 13.3. The Kier molecular flexibility index (Phi) is 23.4. The van der Waals surface area contributed by atoms with E-state index in [1.807, 2.05) is 117 Å². The van der Waals surface area contributed by atoms with Crippen LogP contribution >= 0.6 is 0 Å². The average Bonchev–Trinajstić information content (AvgIpc) is 3.41. The highest BCUT2D eigenvalue weighted by atomic mass is 19.4. The summed E-state index contributed by atoms with van der Waals surface area (Å²) in [5.41, 5.74) is 2.47. The maximum absolute atomic E-state index is 13.7. The smallest absolute Gasteiger partial charge is 0.416 e. The van der Waals surface area contributed by atoms with E-state index in [9.17, 15) is 22.8 Å². The Labute approximate surface area is 447 Å². The number of ether oxygens (including phenoxy) is 4. The third kappa shape index (κ3) is 17.7. The minimum Gasteiger partial charge on any atom is -0.486 e. The first-order chi connectivity index (χ1) is 36.5. The Morgan fingerprint density at radius 3 is 1.47 bits per heavy atom. The van der Waals surface area contributed by atoms with Crippen molar-refractivity contribution in [1.82, 2.24) is 29.7 Å². The number of piperidine rings is 2. The molecule has 2 aliphatic rings. The van der Waals surface area contributed by atoms with E-state index in [4.69, 9.17) is 24.1 Å². The van der Waals surface area contributed by atoms with E-state index in [2.05, 4.69) is 39.1 Å². The Morgan fingerprint density at radius 2 is 1.07 bits per heavy atom. The topological polar surface area (TPSA) is 165 Å². The molecule has 0 radical (unpaired) electrons. The minimum absolute atomic E-state index is 0.103. The quantitative estimate of drug-likeness (QED) is 0.0852. The van der Waals surface area contributed by atoms with Crippen LogP contribution in [0.25, 0.3) is 0 Å². The van der Waals surface area contributed by atoms with Crippen LogP contribution < -0.4 is 19.7 Å². The largest absolute Gasteiger partial charge is 0.486 e. The van der Waals surface area contributed by atoms with Crippen molar-refractivity contribution in [2.75, 3.05) is 17.3 Å². The number of nitrogens with zero attached hydrogens (tertiary/aromatic N) is 7. The molecular weight excluding hydrogens is 978 g/mol. The van der Waals surface area contributed by atoms with Crippen molar-refractivity contribution in [1.29, 1.82) is 0 Å². The zero-order valence-electron chi connectivity index (χ0n) is 45.9. The lowest BCUT2D eigenvalue weighted by atomic mass is 9.87. The number of hydrogen-bond acceptors (Lipinski definition) is 13. The predicted molar refractivity (Wildman–Crippen MR) is 289 cm³/mol. The van der Waals surface area contributed by atoms with Crippen molar-refractivity contribution >= 4 is 24.1 Å². The summed E-state index contributed by atoms with van der Waals surface area (Å²) in [5, 5.41) is 10.5. The van der Waals surface area contributed by atoms with Gasteiger partial charge in [-0.2, -0.15) is 13.2 Å². The molecule has 2 aliphatic heterocycles. The molecule has 5 aromatic rings. The van der Waals surface area contributed by atoms with Crippen LogP contribution in [0.15, 0.2) is 104 Å². The fraction of sp³-hybridized carbons (Fsp3) is 0.517. The molecule has 0 spiro atoms. The lowest BCUT2D eigenvalue weighted by Gasteiger charge is -2.47. The number of benzene rings is 3. The summed E-state index contributed by atoms with van der Waals surface area (Å²) in [7, 11) is 1.00. The van der Waals surface area contributed by atoms with Gasteiger partial charge in [-0.3, -0.25) is 0 Å². The third-order valence-corrected chi connectivity index (χ3v) is 13.3. The maximum Gasteiger partial charge on any atom is 0.416 e. The van der Waals surface area contributed by atoms with Crippen molar-refractivity contribution in [3.05, 3.63) is 131 Å². The molecule has 2 amide bonds. The van der Waals surface area contributed by atoms with Gasteiger partial charge in [0.25, 0.3) is 0 Å². The Hall–Kier alpha value is -6.69. The van der Waals surface area contributed by atoms with Crippen molar-refractivity contribution in [3.8, 4) is 11.5 Å². The number of likely N-dealkylation sites (tertiary alicyclic amines) is 2. The summed E-state index contributed by atoms with van der Waals surface area (Å²) in [6.07, 6.45) is 7.33. The van der Waals surface area contributed by atoms with Crippen LogP contribution in [0.4, 0.5) is 34.7 Å². The summed E-state index contributed by atoms with van der Waals surface area (Å²) >= 11 is 0. The van der Waals surface area contributed by atoms with Gasteiger partial charge in [-0.25, -0.2) is 29.5 Å². The van der Waals surface area contributed by atoms with E-state index in [0.717, 1.165) is 50.0 Å². The van der Waals surface area contributed by atoms with Gasteiger partial charge in [0.2, 0.25) is 11.9 Å².